The highest BCUT2D eigenvalue weighted by Gasteiger charge is 2.19. The Balaban J connectivity index is 1.64. The van der Waals surface area contributed by atoms with Gasteiger partial charge in [0, 0.05) is 34.2 Å². The van der Waals surface area contributed by atoms with Crippen molar-refractivity contribution in [1.29, 1.82) is 0 Å². The van der Waals surface area contributed by atoms with Crippen LogP contribution in [0, 0.1) is 20.8 Å². The minimum Gasteiger partial charge on any atom is -0.491 e. The Bertz CT molecular complexity index is 1060. The third-order valence-corrected chi connectivity index (χ3v) is 6.46. The topological polar surface area (TPSA) is 89.0 Å². The largest absolute Gasteiger partial charge is 0.491 e. The van der Waals surface area contributed by atoms with Crippen molar-refractivity contribution in [1.82, 2.24) is 20.3 Å². The van der Waals surface area contributed by atoms with Gasteiger partial charge >= 0.3 is 0 Å². The molecule has 0 radical (unpaired) electrons. The number of benzene rings is 1. The van der Waals surface area contributed by atoms with Crippen LogP contribution in [0.3, 0.4) is 0 Å². The van der Waals surface area contributed by atoms with Gasteiger partial charge in [-0.1, -0.05) is 6.42 Å². The molecule has 162 valence electrons. The first-order valence-corrected chi connectivity index (χ1v) is 11.4. The van der Waals surface area contributed by atoms with Crippen molar-refractivity contribution in [3.63, 3.8) is 0 Å². The van der Waals surface area contributed by atoms with E-state index in [2.05, 4.69) is 25.6 Å². The van der Waals surface area contributed by atoms with Gasteiger partial charge in [-0.3, -0.25) is 4.79 Å². The fraction of sp³-hybridized carbons (Fsp3) is 0.391. The average Bonchev–Trinajstić information content (AvgIpc) is 3.20. The van der Waals surface area contributed by atoms with Crippen LogP contribution >= 0.6 is 11.3 Å². The Morgan fingerprint density at radius 1 is 1.16 bits per heavy atom. The Kier molecular flexibility index (Phi) is 6.58. The van der Waals surface area contributed by atoms with Crippen LogP contribution in [-0.2, 0) is 0 Å². The van der Waals surface area contributed by atoms with E-state index < -0.39 is 0 Å². The van der Waals surface area contributed by atoms with E-state index in [4.69, 9.17) is 4.74 Å². The maximum absolute atomic E-state index is 12.7. The monoisotopic (exact) mass is 437 g/mol. The summed E-state index contributed by atoms with van der Waals surface area (Å²) in [7, 11) is 0. The van der Waals surface area contributed by atoms with E-state index >= 15 is 0 Å². The molecule has 4 rings (SSSR count). The molecule has 0 unspecified atom stereocenters. The molecule has 31 heavy (non-hydrogen) atoms. The molecule has 2 aromatic heterocycles. The molecule has 8 heteroatoms. The first-order valence-electron chi connectivity index (χ1n) is 10.5. The molecule has 1 amide bonds. The lowest BCUT2D eigenvalue weighted by atomic mass is 10.0. The van der Waals surface area contributed by atoms with Gasteiger partial charge in [0.1, 0.15) is 23.6 Å². The Morgan fingerprint density at radius 2 is 1.97 bits per heavy atom. The quantitative estimate of drug-likeness (QED) is 0.598. The fourth-order valence-electron chi connectivity index (χ4n) is 3.88. The highest BCUT2D eigenvalue weighted by Crippen LogP contribution is 2.36. The number of nitrogens with one attached hydrogen (secondary N) is 2. The SMILES string of the molecule is Cc1ncsc1C(=O)Nc1ccc(OC[C@H]2CCCCN2)c(-c2c(C)ncnc2C)c1. The normalized spacial score (nSPS) is 16.2. The maximum Gasteiger partial charge on any atom is 0.267 e. The zero-order chi connectivity index (χ0) is 21.8. The molecule has 1 aliphatic heterocycles. The number of hydrogen-bond acceptors (Lipinski definition) is 7. The number of carbonyl (C=O) groups is 1. The van der Waals surface area contributed by atoms with E-state index in [0.717, 1.165) is 46.9 Å². The lowest BCUT2D eigenvalue weighted by molar-refractivity contribution is 0.103. The van der Waals surface area contributed by atoms with Crippen molar-refractivity contribution in [2.45, 2.75) is 46.1 Å². The number of thiazole rings is 1. The molecule has 2 N–H and O–H groups in total. The van der Waals surface area contributed by atoms with E-state index in [1.165, 1.54) is 24.2 Å². The van der Waals surface area contributed by atoms with Gasteiger partial charge in [0.2, 0.25) is 0 Å². The van der Waals surface area contributed by atoms with E-state index in [9.17, 15) is 4.79 Å². The number of anilines is 1. The highest BCUT2D eigenvalue weighted by atomic mass is 32.1. The van der Waals surface area contributed by atoms with Crippen LogP contribution in [0.4, 0.5) is 5.69 Å². The van der Waals surface area contributed by atoms with Gasteiger partial charge in [0.05, 0.1) is 11.2 Å². The van der Waals surface area contributed by atoms with Crippen molar-refractivity contribution in [2.24, 2.45) is 0 Å². The molecule has 3 heterocycles. The molecule has 1 saturated heterocycles. The molecule has 0 spiro atoms. The zero-order valence-electron chi connectivity index (χ0n) is 18.1. The second kappa shape index (κ2) is 9.53. The first kappa shape index (κ1) is 21.4. The van der Waals surface area contributed by atoms with Crippen LogP contribution in [0.5, 0.6) is 5.75 Å². The molecule has 1 aliphatic rings. The van der Waals surface area contributed by atoms with E-state index in [1.807, 2.05) is 39.0 Å². The smallest absolute Gasteiger partial charge is 0.267 e. The maximum atomic E-state index is 12.7. The van der Waals surface area contributed by atoms with Crippen molar-refractivity contribution < 1.29 is 9.53 Å². The van der Waals surface area contributed by atoms with Gasteiger partial charge in [0.15, 0.2) is 0 Å². The van der Waals surface area contributed by atoms with Crippen LogP contribution in [0.25, 0.3) is 11.1 Å². The minimum atomic E-state index is -0.163. The van der Waals surface area contributed by atoms with Crippen LogP contribution in [0.2, 0.25) is 0 Å². The Labute approximate surface area is 186 Å². The fourth-order valence-corrected chi connectivity index (χ4v) is 4.57. The molecule has 1 atom stereocenters. The van der Waals surface area contributed by atoms with Gasteiger partial charge in [-0.25, -0.2) is 15.0 Å². The second-order valence-corrected chi connectivity index (χ2v) is 8.66. The van der Waals surface area contributed by atoms with Crippen molar-refractivity contribution in [2.75, 3.05) is 18.5 Å². The number of hydrogen-bond donors (Lipinski definition) is 2. The standard InChI is InChI=1S/C23H27N5O2S/c1-14-21(15(2)26-12-25-14)19-10-17(28-23(29)22-16(3)27-13-31-22)7-8-20(19)30-11-18-6-4-5-9-24-18/h7-8,10,12-13,18,24H,4-6,9,11H2,1-3H3,(H,28,29)/t18-/m1/s1. The minimum absolute atomic E-state index is 0.163. The van der Waals surface area contributed by atoms with E-state index in [-0.39, 0.29) is 5.91 Å². The molecular formula is C23H27N5O2S. The highest BCUT2D eigenvalue weighted by molar-refractivity contribution is 7.12. The lowest BCUT2D eigenvalue weighted by Gasteiger charge is -2.24. The molecule has 1 aromatic carbocycles. The van der Waals surface area contributed by atoms with Crippen molar-refractivity contribution >= 4 is 22.9 Å². The van der Waals surface area contributed by atoms with Gasteiger partial charge in [-0.2, -0.15) is 0 Å². The van der Waals surface area contributed by atoms with E-state index in [1.54, 1.807) is 11.8 Å². The number of aryl methyl sites for hydroxylation is 3. The van der Waals surface area contributed by atoms with Crippen molar-refractivity contribution in [3.05, 3.63) is 52.0 Å². The lowest BCUT2D eigenvalue weighted by Crippen LogP contribution is -2.38. The molecule has 0 bridgehead atoms. The number of nitrogens with zero attached hydrogens (tertiary/aromatic N) is 3. The third kappa shape index (κ3) is 4.91. The summed E-state index contributed by atoms with van der Waals surface area (Å²) in [5.74, 6) is 0.601. The summed E-state index contributed by atoms with van der Waals surface area (Å²) in [6, 6.07) is 6.08. The second-order valence-electron chi connectivity index (χ2n) is 7.81. The molecule has 1 fully saturated rings. The van der Waals surface area contributed by atoms with Gasteiger partial charge in [-0.15, -0.1) is 11.3 Å². The summed E-state index contributed by atoms with van der Waals surface area (Å²) in [6.07, 6.45) is 5.12. The summed E-state index contributed by atoms with van der Waals surface area (Å²) in [6.45, 7) is 7.39. The van der Waals surface area contributed by atoms with Crippen LogP contribution < -0.4 is 15.4 Å². The average molecular weight is 438 g/mol. The molecule has 0 saturated carbocycles. The van der Waals surface area contributed by atoms with Crippen LogP contribution in [-0.4, -0.2) is 40.1 Å². The summed E-state index contributed by atoms with van der Waals surface area (Å²) in [5, 5.41) is 6.51. The number of amides is 1. The third-order valence-electron chi connectivity index (χ3n) is 5.54. The Morgan fingerprint density at radius 3 is 2.65 bits per heavy atom. The van der Waals surface area contributed by atoms with Gasteiger partial charge < -0.3 is 15.4 Å². The number of piperidine rings is 1. The molecular weight excluding hydrogens is 410 g/mol. The van der Waals surface area contributed by atoms with Gasteiger partial charge in [0.25, 0.3) is 5.91 Å². The summed E-state index contributed by atoms with van der Waals surface area (Å²) >= 11 is 1.33. The summed E-state index contributed by atoms with van der Waals surface area (Å²) in [4.78, 5) is 26.2. The predicted molar refractivity (Wildman–Crippen MR) is 123 cm³/mol. The van der Waals surface area contributed by atoms with Crippen molar-refractivity contribution in [3.8, 4) is 16.9 Å². The summed E-state index contributed by atoms with van der Waals surface area (Å²) < 4.78 is 6.25. The zero-order valence-corrected chi connectivity index (χ0v) is 18.9. The van der Waals surface area contributed by atoms with Crippen LogP contribution in [0.15, 0.2) is 30.0 Å². The van der Waals surface area contributed by atoms with E-state index in [0.29, 0.717) is 23.2 Å². The number of carbonyl (C=O) groups excluding carboxylic acids is 1. The summed E-state index contributed by atoms with van der Waals surface area (Å²) in [5.41, 5.74) is 6.65. The molecule has 7 nitrogen and oxygen atoms in total. The molecule has 0 aliphatic carbocycles. The number of aromatic nitrogens is 3. The predicted octanol–water partition coefficient (Wildman–Crippen LogP) is 4.30. The number of ether oxygens (including phenoxy) is 1. The van der Waals surface area contributed by atoms with Crippen LogP contribution in [0.1, 0.15) is 46.0 Å². The van der Waals surface area contributed by atoms with Gasteiger partial charge in [-0.05, 0) is 58.4 Å². The first-order chi connectivity index (χ1) is 15.0. The molecule has 3 aromatic rings. The Hall–Kier alpha value is -2.84. The number of rotatable bonds is 6.